The van der Waals surface area contributed by atoms with Crippen LogP contribution in [0.5, 0.6) is 0 Å². The van der Waals surface area contributed by atoms with Gasteiger partial charge in [-0.3, -0.25) is 4.79 Å². The maximum absolute atomic E-state index is 12.7. The summed E-state index contributed by atoms with van der Waals surface area (Å²) in [7, 11) is 1.92. The third-order valence-electron chi connectivity index (χ3n) is 4.55. The van der Waals surface area contributed by atoms with Gasteiger partial charge >= 0.3 is 0 Å². The van der Waals surface area contributed by atoms with Crippen molar-refractivity contribution in [2.24, 2.45) is 0 Å². The van der Waals surface area contributed by atoms with Crippen LogP contribution in [-0.4, -0.2) is 22.9 Å². The molecule has 0 fully saturated rings. The lowest BCUT2D eigenvalue weighted by molar-refractivity contribution is 0.102. The van der Waals surface area contributed by atoms with E-state index in [0.29, 0.717) is 17.3 Å². The number of hydrogen-bond donors (Lipinski definition) is 1. The molecule has 0 aliphatic rings. The van der Waals surface area contributed by atoms with E-state index >= 15 is 0 Å². The minimum atomic E-state index is -0.253. The van der Waals surface area contributed by atoms with E-state index in [1.807, 2.05) is 66.5 Å². The molecule has 0 bridgehead atoms. The second-order valence-corrected chi connectivity index (χ2v) is 7.83. The van der Waals surface area contributed by atoms with Gasteiger partial charge in [0.2, 0.25) is 0 Å². The first-order chi connectivity index (χ1) is 13.2. The fraction of sp³-hybridized carbons (Fsp3) is 0.261. The van der Waals surface area contributed by atoms with Gasteiger partial charge in [0.15, 0.2) is 0 Å². The number of carbonyl (C=O) groups is 1. The molecule has 0 atom stereocenters. The number of para-hydroxylation sites is 1. The Morgan fingerprint density at radius 3 is 2.21 bits per heavy atom. The SMILES string of the molecule is Cc1nc(C(=O)Nc2ccc(C(C)(C)C)cc2)cc(N(C)c2ccccc2)n1. The number of nitrogens with one attached hydrogen (secondary N) is 1. The summed E-state index contributed by atoms with van der Waals surface area (Å²) in [5.74, 6) is 0.970. The standard InChI is InChI=1S/C23H26N4O/c1-16-24-20(15-21(25-16)27(5)19-9-7-6-8-10-19)22(28)26-18-13-11-17(12-14-18)23(2,3)4/h6-15H,1-5H3,(H,26,28). The smallest absolute Gasteiger partial charge is 0.274 e. The first kappa shape index (κ1) is 19.5. The van der Waals surface area contributed by atoms with Gasteiger partial charge in [0.1, 0.15) is 17.3 Å². The second kappa shape index (κ2) is 7.80. The number of carbonyl (C=O) groups excluding carboxylic acids is 1. The van der Waals surface area contributed by atoms with E-state index in [9.17, 15) is 4.79 Å². The molecule has 1 amide bonds. The molecule has 5 heteroatoms. The summed E-state index contributed by atoms with van der Waals surface area (Å²) in [5.41, 5.74) is 3.36. The van der Waals surface area contributed by atoms with Crippen molar-refractivity contribution in [1.29, 1.82) is 0 Å². The molecule has 0 spiro atoms. The molecule has 2 aromatic carbocycles. The summed E-state index contributed by atoms with van der Waals surface area (Å²) in [6, 6.07) is 19.5. The predicted molar refractivity (Wildman–Crippen MR) is 114 cm³/mol. The molecule has 3 rings (SSSR count). The molecule has 0 aliphatic heterocycles. The molecule has 0 aliphatic carbocycles. The molecule has 28 heavy (non-hydrogen) atoms. The van der Waals surface area contributed by atoms with Crippen LogP contribution in [0.2, 0.25) is 0 Å². The molecule has 144 valence electrons. The van der Waals surface area contributed by atoms with Gasteiger partial charge in [-0.25, -0.2) is 9.97 Å². The van der Waals surface area contributed by atoms with Crippen molar-refractivity contribution < 1.29 is 4.79 Å². The molecular weight excluding hydrogens is 348 g/mol. The average molecular weight is 374 g/mol. The van der Waals surface area contributed by atoms with Crippen LogP contribution in [0.15, 0.2) is 60.7 Å². The molecule has 1 aromatic heterocycles. The third kappa shape index (κ3) is 4.55. The van der Waals surface area contributed by atoms with E-state index in [4.69, 9.17) is 0 Å². The van der Waals surface area contributed by atoms with E-state index in [1.54, 1.807) is 13.0 Å². The number of aryl methyl sites for hydroxylation is 1. The van der Waals surface area contributed by atoms with E-state index in [0.717, 1.165) is 11.4 Å². The first-order valence-electron chi connectivity index (χ1n) is 9.30. The Hall–Kier alpha value is -3.21. The quantitative estimate of drug-likeness (QED) is 0.690. The van der Waals surface area contributed by atoms with Gasteiger partial charge in [-0.15, -0.1) is 0 Å². The van der Waals surface area contributed by atoms with Gasteiger partial charge in [-0.1, -0.05) is 51.1 Å². The number of aromatic nitrogens is 2. The highest BCUT2D eigenvalue weighted by atomic mass is 16.1. The van der Waals surface area contributed by atoms with E-state index in [2.05, 4.69) is 36.1 Å². The lowest BCUT2D eigenvalue weighted by Gasteiger charge is -2.20. The summed E-state index contributed by atoms with van der Waals surface area (Å²) in [6.45, 7) is 8.27. The number of nitrogens with zero attached hydrogens (tertiary/aromatic N) is 3. The molecule has 0 unspecified atom stereocenters. The molecule has 1 heterocycles. The number of amides is 1. The molecule has 0 radical (unpaired) electrons. The van der Waals surface area contributed by atoms with E-state index in [-0.39, 0.29) is 11.3 Å². The van der Waals surface area contributed by atoms with Crippen LogP contribution in [0.1, 0.15) is 42.6 Å². The minimum absolute atomic E-state index is 0.0726. The van der Waals surface area contributed by atoms with Crippen LogP contribution in [0.3, 0.4) is 0 Å². The van der Waals surface area contributed by atoms with Gasteiger partial charge < -0.3 is 10.2 Å². The van der Waals surface area contributed by atoms with Crippen molar-refractivity contribution >= 4 is 23.1 Å². The van der Waals surface area contributed by atoms with Crippen molar-refractivity contribution in [3.05, 3.63) is 77.7 Å². The number of anilines is 3. The predicted octanol–water partition coefficient (Wildman–Crippen LogP) is 5.10. The Labute approximate surface area is 166 Å². The zero-order valence-corrected chi connectivity index (χ0v) is 17.0. The Balaban J connectivity index is 1.81. The molecule has 0 saturated carbocycles. The highest BCUT2D eigenvalue weighted by molar-refractivity contribution is 6.03. The molecule has 0 saturated heterocycles. The number of hydrogen-bond acceptors (Lipinski definition) is 4. The monoisotopic (exact) mass is 374 g/mol. The highest BCUT2D eigenvalue weighted by Crippen LogP contribution is 2.24. The highest BCUT2D eigenvalue weighted by Gasteiger charge is 2.16. The number of benzene rings is 2. The van der Waals surface area contributed by atoms with Gasteiger partial charge in [0.05, 0.1) is 0 Å². The third-order valence-corrected chi connectivity index (χ3v) is 4.55. The first-order valence-corrected chi connectivity index (χ1v) is 9.30. The Bertz CT molecular complexity index is 960. The topological polar surface area (TPSA) is 58.1 Å². The molecule has 3 aromatic rings. The lowest BCUT2D eigenvalue weighted by Crippen LogP contribution is -2.18. The van der Waals surface area contributed by atoms with Crippen LogP contribution in [0, 0.1) is 6.92 Å². The maximum atomic E-state index is 12.7. The summed E-state index contributed by atoms with van der Waals surface area (Å²) in [5, 5.41) is 2.92. The van der Waals surface area contributed by atoms with Gasteiger partial charge in [-0.2, -0.15) is 0 Å². The average Bonchev–Trinajstić information content (AvgIpc) is 2.67. The van der Waals surface area contributed by atoms with Gasteiger partial charge in [0, 0.05) is 24.5 Å². The lowest BCUT2D eigenvalue weighted by atomic mass is 9.87. The normalized spacial score (nSPS) is 11.2. The van der Waals surface area contributed by atoms with Crippen LogP contribution in [0.25, 0.3) is 0 Å². The van der Waals surface area contributed by atoms with Crippen molar-refractivity contribution in [2.75, 3.05) is 17.3 Å². The van der Waals surface area contributed by atoms with Crippen LogP contribution in [-0.2, 0) is 5.41 Å². The summed E-state index contributed by atoms with van der Waals surface area (Å²) < 4.78 is 0. The summed E-state index contributed by atoms with van der Waals surface area (Å²) >= 11 is 0. The summed E-state index contributed by atoms with van der Waals surface area (Å²) in [4.78, 5) is 23.5. The second-order valence-electron chi connectivity index (χ2n) is 7.83. The minimum Gasteiger partial charge on any atom is -0.329 e. The van der Waals surface area contributed by atoms with Crippen LogP contribution >= 0.6 is 0 Å². The fourth-order valence-corrected chi connectivity index (χ4v) is 2.87. The molecular formula is C23H26N4O. The van der Waals surface area contributed by atoms with Crippen molar-refractivity contribution in [2.45, 2.75) is 33.1 Å². The zero-order chi connectivity index (χ0) is 20.3. The van der Waals surface area contributed by atoms with Crippen LogP contribution < -0.4 is 10.2 Å². The fourth-order valence-electron chi connectivity index (χ4n) is 2.87. The summed E-state index contributed by atoms with van der Waals surface area (Å²) in [6.07, 6.45) is 0. The zero-order valence-electron chi connectivity index (χ0n) is 17.0. The number of rotatable bonds is 4. The van der Waals surface area contributed by atoms with E-state index in [1.165, 1.54) is 5.56 Å². The Morgan fingerprint density at radius 1 is 0.964 bits per heavy atom. The van der Waals surface area contributed by atoms with E-state index < -0.39 is 0 Å². The Morgan fingerprint density at radius 2 is 1.61 bits per heavy atom. The molecule has 1 N–H and O–H groups in total. The van der Waals surface area contributed by atoms with Crippen molar-refractivity contribution in [1.82, 2.24) is 9.97 Å². The largest absolute Gasteiger partial charge is 0.329 e. The maximum Gasteiger partial charge on any atom is 0.274 e. The van der Waals surface area contributed by atoms with Crippen LogP contribution in [0.4, 0.5) is 17.2 Å². The van der Waals surface area contributed by atoms with Gasteiger partial charge in [-0.05, 0) is 42.2 Å². The molecule has 5 nitrogen and oxygen atoms in total. The van der Waals surface area contributed by atoms with Crippen molar-refractivity contribution in [3.63, 3.8) is 0 Å². The van der Waals surface area contributed by atoms with Gasteiger partial charge in [0.25, 0.3) is 5.91 Å². The van der Waals surface area contributed by atoms with Crippen molar-refractivity contribution in [3.8, 4) is 0 Å². The Kier molecular flexibility index (Phi) is 5.45.